The van der Waals surface area contributed by atoms with Gasteiger partial charge in [0.15, 0.2) is 0 Å². The van der Waals surface area contributed by atoms with E-state index in [2.05, 4.69) is 54.7 Å². The summed E-state index contributed by atoms with van der Waals surface area (Å²) < 4.78 is 0. The van der Waals surface area contributed by atoms with Gasteiger partial charge in [0.2, 0.25) is 0 Å². The summed E-state index contributed by atoms with van der Waals surface area (Å²) in [5, 5.41) is 5.98. The van der Waals surface area contributed by atoms with Crippen molar-refractivity contribution in [3.05, 3.63) is 48.0 Å². The van der Waals surface area contributed by atoms with Crippen molar-refractivity contribution in [2.45, 2.75) is 13.0 Å². The molecule has 0 heterocycles. The minimum atomic E-state index is 0.311. The van der Waals surface area contributed by atoms with E-state index in [9.17, 15) is 0 Å². The fourth-order valence-corrected chi connectivity index (χ4v) is 2.40. The number of nitrogens with two attached hydrogens (primary N) is 1. The summed E-state index contributed by atoms with van der Waals surface area (Å²) in [6, 6.07) is 15.3. The van der Waals surface area contributed by atoms with Crippen LogP contribution in [0.25, 0.3) is 10.8 Å². The molecule has 2 aromatic carbocycles. The van der Waals surface area contributed by atoms with Gasteiger partial charge >= 0.3 is 0 Å². The number of hydrogen-bond donors (Lipinski definition) is 2. The molecule has 0 aliphatic rings. The Hall–Kier alpha value is -1.38. The normalized spacial score (nSPS) is 14.8. The Balaban J connectivity index is 2.53. The topological polar surface area (TPSA) is 38.0 Å². The van der Waals surface area contributed by atoms with E-state index in [4.69, 9.17) is 5.73 Å². The van der Waals surface area contributed by atoms with Crippen LogP contribution in [0.1, 0.15) is 18.5 Å². The molecule has 3 N–H and O–H groups in total. The maximum Gasteiger partial charge on any atom is 0.0361 e. The third-order valence-electron chi connectivity index (χ3n) is 3.41. The molecule has 0 fully saturated rings. The Morgan fingerprint density at radius 3 is 2.53 bits per heavy atom. The van der Waals surface area contributed by atoms with Gasteiger partial charge in [-0.1, -0.05) is 49.4 Å². The van der Waals surface area contributed by atoms with Gasteiger partial charge in [0.05, 0.1) is 0 Å². The summed E-state index contributed by atoms with van der Waals surface area (Å²) in [5.41, 5.74) is 7.13. The molecule has 2 aromatic rings. The Labute approximate surface area is 103 Å². The zero-order valence-corrected chi connectivity index (χ0v) is 10.5. The van der Waals surface area contributed by atoms with Gasteiger partial charge in [-0.15, -0.1) is 0 Å². The van der Waals surface area contributed by atoms with Crippen molar-refractivity contribution in [1.82, 2.24) is 5.32 Å². The molecule has 90 valence electrons. The molecule has 0 saturated heterocycles. The number of benzene rings is 2. The highest BCUT2D eigenvalue weighted by molar-refractivity contribution is 5.86. The van der Waals surface area contributed by atoms with Gasteiger partial charge < -0.3 is 11.1 Å². The van der Waals surface area contributed by atoms with Crippen LogP contribution in [-0.2, 0) is 0 Å². The number of fused-ring (bicyclic) bond motifs is 1. The van der Waals surface area contributed by atoms with Crippen LogP contribution in [0.3, 0.4) is 0 Å². The smallest absolute Gasteiger partial charge is 0.0361 e. The van der Waals surface area contributed by atoms with Crippen molar-refractivity contribution in [2.24, 2.45) is 11.7 Å². The van der Waals surface area contributed by atoms with Crippen LogP contribution in [0, 0.1) is 5.92 Å². The lowest BCUT2D eigenvalue weighted by atomic mass is 9.91. The Bertz CT molecular complexity index is 488. The maximum absolute atomic E-state index is 5.79. The summed E-state index contributed by atoms with van der Waals surface area (Å²) in [4.78, 5) is 0. The predicted octanol–water partition coefficient (Wildman–Crippen LogP) is 2.70. The minimum Gasteiger partial charge on any atom is -0.330 e. The highest BCUT2D eigenvalue weighted by atomic mass is 14.9. The van der Waals surface area contributed by atoms with Gasteiger partial charge in [-0.25, -0.2) is 0 Å². The summed E-state index contributed by atoms with van der Waals surface area (Å²) in [7, 11) is 2.00. The summed E-state index contributed by atoms with van der Waals surface area (Å²) in [6.45, 7) is 2.87. The Morgan fingerprint density at radius 1 is 1.12 bits per heavy atom. The van der Waals surface area contributed by atoms with Crippen LogP contribution in [-0.4, -0.2) is 13.6 Å². The van der Waals surface area contributed by atoms with Crippen LogP contribution in [0.5, 0.6) is 0 Å². The van der Waals surface area contributed by atoms with E-state index in [0.29, 0.717) is 18.5 Å². The molecule has 0 saturated carbocycles. The van der Waals surface area contributed by atoms with Crippen LogP contribution >= 0.6 is 0 Å². The van der Waals surface area contributed by atoms with Crippen molar-refractivity contribution in [1.29, 1.82) is 0 Å². The lowest BCUT2D eigenvalue weighted by Gasteiger charge is -2.24. The van der Waals surface area contributed by atoms with E-state index in [0.717, 1.165) is 0 Å². The standard InChI is InChI=1S/C15H20N2/c1-11(10-16)15(17-2)14-9-5-7-12-6-3-4-8-13(12)14/h3-9,11,15,17H,10,16H2,1-2H3. The zero-order chi connectivity index (χ0) is 12.3. The quantitative estimate of drug-likeness (QED) is 0.844. The van der Waals surface area contributed by atoms with Crippen molar-refractivity contribution in [3.63, 3.8) is 0 Å². The minimum absolute atomic E-state index is 0.311. The largest absolute Gasteiger partial charge is 0.330 e. The first-order valence-electron chi connectivity index (χ1n) is 6.13. The van der Waals surface area contributed by atoms with E-state index < -0.39 is 0 Å². The van der Waals surface area contributed by atoms with Crippen molar-refractivity contribution in [3.8, 4) is 0 Å². The van der Waals surface area contributed by atoms with Crippen LogP contribution in [0.2, 0.25) is 0 Å². The molecule has 2 heteroatoms. The summed E-state index contributed by atoms with van der Waals surface area (Å²) in [6.07, 6.45) is 0. The summed E-state index contributed by atoms with van der Waals surface area (Å²) in [5.74, 6) is 0.422. The van der Waals surface area contributed by atoms with E-state index in [1.165, 1.54) is 16.3 Å². The monoisotopic (exact) mass is 228 g/mol. The van der Waals surface area contributed by atoms with E-state index in [1.807, 2.05) is 7.05 Å². The molecule has 0 aliphatic heterocycles. The average Bonchev–Trinajstić information content (AvgIpc) is 2.39. The van der Waals surface area contributed by atoms with Gasteiger partial charge in [0.25, 0.3) is 0 Å². The van der Waals surface area contributed by atoms with Crippen LogP contribution in [0.4, 0.5) is 0 Å². The molecule has 17 heavy (non-hydrogen) atoms. The molecular formula is C15H20N2. The van der Waals surface area contributed by atoms with Gasteiger partial charge in [0, 0.05) is 6.04 Å². The van der Waals surface area contributed by atoms with E-state index in [-0.39, 0.29) is 0 Å². The fraction of sp³-hybridized carbons (Fsp3) is 0.333. The predicted molar refractivity (Wildman–Crippen MR) is 74.0 cm³/mol. The lowest BCUT2D eigenvalue weighted by Crippen LogP contribution is -2.28. The molecule has 0 aliphatic carbocycles. The molecule has 2 atom stereocenters. The molecule has 0 bridgehead atoms. The van der Waals surface area contributed by atoms with Crippen LogP contribution in [0.15, 0.2) is 42.5 Å². The SMILES string of the molecule is CNC(c1cccc2ccccc12)C(C)CN. The van der Waals surface area contributed by atoms with E-state index >= 15 is 0 Å². The van der Waals surface area contributed by atoms with E-state index in [1.54, 1.807) is 0 Å². The maximum atomic E-state index is 5.79. The number of hydrogen-bond acceptors (Lipinski definition) is 2. The summed E-state index contributed by atoms with van der Waals surface area (Å²) >= 11 is 0. The third kappa shape index (κ3) is 2.33. The molecule has 2 unspecified atom stereocenters. The molecule has 0 aromatic heterocycles. The first-order valence-corrected chi connectivity index (χ1v) is 6.13. The molecule has 2 rings (SSSR count). The molecule has 0 spiro atoms. The van der Waals surface area contributed by atoms with Gasteiger partial charge in [0.1, 0.15) is 0 Å². The van der Waals surface area contributed by atoms with Gasteiger partial charge in [-0.3, -0.25) is 0 Å². The molecule has 0 amide bonds. The fourth-order valence-electron chi connectivity index (χ4n) is 2.40. The average molecular weight is 228 g/mol. The molecular weight excluding hydrogens is 208 g/mol. The number of rotatable bonds is 4. The number of nitrogens with one attached hydrogen (secondary N) is 1. The van der Waals surface area contributed by atoms with Crippen molar-refractivity contribution in [2.75, 3.05) is 13.6 Å². The third-order valence-corrected chi connectivity index (χ3v) is 3.41. The first kappa shape index (κ1) is 12.1. The Kier molecular flexibility index (Phi) is 3.77. The second-order valence-corrected chi connectivity index (χ2v) is 4.55. The first-order chi connectivity index (χ1) is 8.27. The van der Waals surface area contributed by atoms with Crippen LogP contribution < -0.4 is 11.1 Å². The highest BCUT2D eigenvalue weighted by Gasteiger charge is 2.17. The Morgan fingerprint density at radius 2 is 1.82 bits per heavy atom. The van der Waals surface area contributed by atoms with Gasteiger partial charge in [-0.2, -0.15) is 0 Å². The second kappa shape index (κ2) is 5.30. The molecule has 2 nitrogen and oxygen atoms in total. The lowest BCUT2D eigenvalue weighted by molar-refractivity contribution is 0.422. The second-order valence-electron chi connectivity index (χ2n) is 4.55. The molecule has 0 radical (unpaired) electrons. The zero-order valence-electron chi connectivity index (χ0n) is 10.5. The van der Waals surface area contributed by atoms with Crippen molar-refractivity contribution >= 4 is 10.8 Å². The van der Waals surface area contributed by atoms with Crippen molar-refractivity contribution < 1.29 is 0 Å². The highest BCUT2D eigenvalue weighted by Crippen LogP contribution is 2.28. The van der Waals surface area contributed by atoms with Gasteiger partial charge in [-0.05, 0) is 35.8 Å².